The third kappa shape index (κ3) is 2.23. The van der Waals surface area contributed by atoms with E-state index < -0.39 is 0 Å². The van der Waals surface area contributed by atoms with Gasteiger partial charge < -0.3 is 5.11 Å². The number of phenols is 1. The molecule has 108 valence electrons. The van der Waals surface area contributed by atoms with Crippen LogP contribution in [-0.4, -0.2) is 5.11 Å². The van der Waals surface area contributed by atoms with Crippen molar-refractivity contribution in [2.45, 2.75) is 58.3 Å². The normalized spacial score (nSPS) is 29.2. The summed E-state index contributed by atoms with van der Waals surface area (Å²) in [6, 6.07) is 1.83. The Balaban J connectivity index is 2.10. The van der Waals surface area contributed by atoms with Gasteiger partial charge in [0.05, 0.1) is 0 Å². The molecule has 2 aliphatic carbocycles. The highest BCUT2D eigenvalue weighted by molar-refractivity contribution is 5.61. The van der Waals surface area contributed by atoms with Gasteiger partial charge in [-0.3, -0.25) is 0 Å². The van der Waals surface area contributed by atoms with Crippen LogP contribution in [0.3, 0.4) is 0 Å². The highest BCUT2D eigenvalue weighted by Gasteiger charge is 2.30. The first-order valence-electron chi connectivity index (χ1n) is 7.78. The first-order chi connectivity index (χ1) is 9.60. The Hall–Kier alpha value is -1.38. The van der Waals surface area contributed by atoms with Crippen LogP contribution in [0, 0.1) is 23.7 Å². The standard InChI is InChI=1S/C17H23NO2/c1-10-3-4-12-5-6-13(7-12)8-14-9-15(18-20)17(19)11(2)16(10)14/h9-10,12-13,19H,3-8H2,1-2H3. The largest absolute Gasteiger partial charge is 0.505 e. The molecule has 1 N–H and O–H groups in total. The van der Waals surface area contributed by atoms with Crippen LogP contribution in [0.1, 0.15) is 61.6 Å². The molecule has 0 saturated heterocycles. The molecule has 3 unspecified atom stereocenters. The molecule has 20 heavy (non-hydrogen) atoms. The molecule has 0 aliphatic heterocycles. The van der Waals surface area contributed by atoms with E-state index in [-0.39, 0.29) is 11.4 Å². The summed E-state index contributed by atoms with van der Waals surface area (Å²) in [4.78, 5) is 10.9. The second kappa shape index (κ2) is 5.19. The summed E-state index contributed by atoms with van der Waals surface area (Å²) < 4.78 is 0. The van der Waals surface area contributed by atoms with E-state index in [0.717, 1.165) is 23.8 Å². The van der Waals surface area contributed by atoms with Gasteiger partial charge in [0, 0.05) is 0 Å². The van der Waals surface area contributed by atoms with Gasteiger partial charge in [-0.2, -0.15) is 0 Å². The number of fused-ring (bicyclic) bond motifs is 3. The van der Waals surface area contributed by atoms with E-state index in [1.165, 1.54) is 43.2 Å². The molecule has 0 aromatic heterocycles. The van der Waals surface area contributed by atoms with E-state index in [2.05, 4.69) is 12.1 Å². The fourth-order valence-electron chi connectivity index (χ4n) is 4.36. The predicted octanol–water partition coefficient (Wildman–Crippen LogP) is 4.95. The van der Waals surface area contributed by atoms with Gasteiger partial charge >= 0.3 is 0 Å². The molecule has 0 radical (unpaired) electrons. The second-order valence-corrected chi connectivity index (χ2v) is 6.76. The lowest BCUT2D eigenvalue weighted by Crippen LogP contribution is -2.06. The van der Waals surface area contributed by atoms with Crippen molar-refractivity contribution < 1.29 is 5.11 Å². The van der Waals surface area contributed by atoms with E-state index in [4.69, 9.17) is 0 Å². The van der Waals surface area contributed by atoms with Crippen molar-refractivity contribution in [3.8, 4) is 5.75 Å². The molecule has 2 bridgehead atoms. The number of benzene rings is 1. The lowest BCUT2D eigenvalue weighted by Gasteiger charge is -2.22. The van der Waals surface area contributed by atoms with Gasteiger partial charge in [-0.25, -0.2) is 0 Å². The van der Waals surface area contributed by atoms with Gasteiger partial charge in [0.25, 0.3) is 0 Å². The Kier molecular flexibility index (Phi) is 3.53. The van der Waals surface area contributed by atoms with Crippen LogP contribution in [0.15, 0.2) is 11.2 Å². The van der Waals surface area contributed by atoms with Crippen molar-refractivity contribution in [2.24, 2.45) is 17.0 Å². The van der Waals surface area contributed by atoms with E-state index in [0.29, 0.717) is 5.92 Å². The maximum atomic E-state index is 10.9. The average Bonchev–Trinajstić information content (AvgIpc) is 2.89. The Bertz CT molecular complexity index is 538. The quantitative estimate of drug-likeness (QED) is 0.735. The Morgan fingerprint density at radius 1 is 1.20 bits per heavy atom. The molecular weight excluding hydrogens is 250 g/mol. The summed E-state index contributed by atoms with van der Waals surface area (Å²) in [6.45, 7) is 4.17. The van der Waals surface area contributed by atoms with Crippen LogP contribution in [0.2, 0.25) is 0 Å². The zero-order valence-corrected chi connectivity index (χ0v) is 12.4. The summed E-state index contributed by atoms with van der Waals surface area (Å²) in [5, 5.41) is 13.1. The van der Waals surface area contributed by atoms with Gasteiger partial charge in [0.15, 0.2) is 0 Å². The van der Waals surface area contributed by atoms with Crippen molar-refractivity contribution in [3.63, 3.8) is 0 Å². The van der Waals surface area contributed by atoms with Crippen LogP contribution in [0.25, 0.3) is 0 Å². The number of aromatic hydroxyl groups is 1. The maximum Gasteiger partial charge on any atom is 0.150 e. The average molecular weight is 273 g/mol. The predicted molar refractivity (Wildman–Crippen MR) is 80.5 cm³/mol. The topological polar surface area (TPSA) is 49.7 Å². The first kappa shape index (κ1) is 13.6. The maximum absolute atomic E-state index is 10.9. The van der Waals surface area contributed by atoms with Gasteiger partial charge in [0.1, 0.15) is 11.4 Å². The fourth-order valence-corrected chi connectivity index (χ4v) is 4.36. The number of rotatable bonds is 1. The van der Waals surface area contributed by atoms with Crippen molar-refractivity contribution in [1.29, 1.82) is 0 Å². The summed E-state index contributed by atoms with van der Waals surface area (Å²) >= 11 is 0. The Morgan fingerprint density at radius 2 is 1.90 bits per heavy atom. The highest BCUT2D eigenvalue weighted by Crippen LogP contribution is 2.45. The molecule has 3 rings (SSSR count). The summed E-state index contributed by atoms with van der Waals surface area (Å²) in [5.74, 6) is 2.16. The molecule has 0 amide bonds. The number of phenolic OH excluding ortho intramolecular Hbond substituents is 1. The molecule has 0 heterocycles. The van der Waals surface area contributed by atoms with Gasteiger partial charge in [-0.05, 0) is 84.7 Å². The third-order valence-corrected chi connectivity index (χ3v) is 5.42. The Labute approximate surface area is 120 Å². The molecule has 0 spiro atoms. The molecule has 1 aromatic carbocycles. The lowest BCUT2D eigenvalue weighted by atomic mass is 9.84. The van der Waals surface area contributed by atoms with E-state index >= 15 is 0 Å². The van der Waals surface area contributed by atoms with E-state index in [1.54, 1.807) is 0 Å². The Morgan fingerprint density at radius 3 is 2.65 bits per heavy atom. The van der Waals surface area contributed by atoms with Crippen LogP contribution in [0.5, 0.6) is 5.75 Å². The molecule has 3 heteroatoms. The minimum Gasteiger partial charge on any atom is -0.505 e. The minimum absolute atomic E-state index is 0.0787. The summed E-state index contributed by atoms with van der Waals surface area (Å²) in [7, 11) is 0. The van der Waals surface area contributed by atoms with Gasteiger partial charge in [0.2, 0.25) is 0 Å². The fraction of sp³-hybridized carbons (Fsp3) is 0.647. The minimum atomic E-state index is 0.0787. The number of nitrogens with zero attached hydrogens (tertiary/aromatic N) is 1. The van der Waals surface area contributed by atoms with Crippen LogP contribution >= 0.6 is 0 Å². The van der Waals surface area contributed by atoms with Crippen LogP contribution in [0.4, 0.5) is 5.69 Å². The molecule has 1 aromatic rings. The number of nitroso groups, excluding NO2 is 1. The van der Waals surface area contributed by atoms with Crippen molar-refractivity contribution >= 4 is 5.69 Å². The zero-order chi connectivity index (χ0) is 14.3. The summed E-state index contributed by atoms with van der Waals surface area (Å²) in [6.07, 6.45) is 7.52. The van der Waals surface area contributed by atoms with Crippen molar-refractivity contribution in [1.82, 2.24) is 0 Å². The molecule has 2 aliphatic rings. The first-order valence-corrected chi connectivity index (χ1v) is 7.78. The lowest BCUT2D eigenvalue weighted by molar-refractivity contribution is 0.443. The van der Waals surface area contributed by atoms with E-state index in [9.17, 15) is 10.0 Å². The zero-order valence-electron chi connectivity index (χ0n) is 12.4. The van der Waals surface area contributed by atoms with Gasteiger partial charge in [-0.15, -0.1) is 4.91 Å². The van der Waals surface area contributed by atoms with Crippen molar-refractivity contribution in [2.75, 3.05) is 0 Å². The third-order valence-electron chi connectivity index (χ3n) is 5.42. The second-order valence-electron chi connectivity index (χ2n) is 6.76. The smallest absolute Gasteiger partial charge is 0.150 e. The molecule has 1 fully saturated rings. The SMILES string of the molecule is Cc1c(O)c(N=O)cc2c1C(C)CCC1CCC(C2)C1. The highest BCUT2D eigenvalue weighted by atomic mass is 16.3. The molecular formula is C17H23NO2. The number of hydrogen-bond acceptors (Lipinski definition) is 3. The molecule has 3 atom stereocenters. The molecule has 3 nitrogen and oxygen atoms in total. The summed E-state index contributed by atoms with van der Waals surface area (Å²) in [5.41, 5.74) is 3.59. The molecule has 1 saturated carbocycles. The van der Waals surface area contributed by atoms with Crippen LogP contribution < -0.4 is 0 Å². The van der Waals surface area contributed by atoms with Gasteiger partial charge in [-0.1, -0.05) is 13.3 Å². The van der Waals surface area contributed by atoms with E-state index in [1.807, 2.05) is 13.0 Å². The number of hydrogen-bond donors (Lipinski definition) is 1. The monoisotopic (exact) mass is 273 g/mol. The van der Waals surface area contributed by atoms with Crippen molar-refractivity contribution in [3.05, 3.63) is 27.7 Å². The van der Waals surface area contributed by atoms with Crippen LogP contribution in [-0.2, 0) is 6.42 Å².